The molecule has 0 unspecified atom stereocenters. The van der Waals surface area contributed by atoms with Crippen molar-refractivity contribution in [2.24, 2.45) is 5.92 Å². The van der Waals surface area contributed by atoms with Gasteiger partial charge in [0, 0.05) is 5.92 Å². The average Bonchev–Trinajstić information content (AvgIpc) is 3.13. The number of nitrogens with one attached hydrogen (secondary N) is 1. The number of hydrogen-bond acceptors (Lipinski definition) is 4. The highest BCUT2D eigenvalue weighted by molar-refractivity contribution is 6.42. The Morgan fingerprint density at radius 2 is 2.11 bits per heavy atom. The Morgan fingerprint density at radius 3 is 2.85 bits per heavy atom. The summed E-state index contributed by atoms with van der Waals surface area (Å²) in [6.45, 7) is 2.31. The summed E-state index contributed by atoms with van der Waals surface area (Å²) in [5.74, 6) is 0.772. The molecule has 0 fully saturated rings. The van der Waals surface area contributed by atoms with Gasteiger partial charge in [-0.25, -0.2) is 0 Å². The zero-order chi connectivity index (χ0) is 19.1. The minimum Gasteiger partial charge on any atom is -0.494 e. The number of anilines is 1. The maximum Gasteiger partial charge on any atom is 0.296 e. The van der Waals surface area contributed by atoms with Gasteiger partial charge in [0.1, 0.15) is 11.4 Å². The Balaban J connectivity index is 1.87. The van der Waals surface area contributed by atoms with Gasteiger partial charge < -0.3 is 10.1 Å². The molecule has 2 aliphatic rings. The van der Waals surface area contributed by atoms with Crippen LogP contribution in [0.4, 0.5) is 11.4 Å². The van der Waals surface area contributed by atoms with Gasteiger partial charge in [-0.3, -0.25) is 10.1 Å². The minimum absolute atomic E-state index is 0.0119. The van der Waals surface area contributed by atoms with E-state index < -0.39 is 0 Å². The van der Waals surface area contributed by atoms with Crippen LogP contribution in [0.1, 0.15) is 36.4 Å². The zero-order valence-electron chi connectivity index (χ0n) is 14.6. The zero-order valence-corrected chi connectivity index (χ0v) is 16.1. The van der Waals surface area contributed by atoms with Gasteiger partial charge in [-0.15, -0.1) is 0 Å². The van der Waals surface area contributed by atoms with Crippen molar-refractivity contribution in [3.05, 3.63) is 73.8 Å². The van der Waals surface area contributed by atoms with Gasteiger partial charge >= 0.3 is 0 Å². The van der Waals surface area contributed by atoms with Crippen molar-refractivity contribution in [1.29, 1.82) is 0 Å². The lowest BCUT2D eigenvalue weighted by Crippen LogP contribution is -2.30. The lowest BCUT2D eigenvalue weighted by Gasteiger charge is -2.37. The van der Waals surface area contributed by atoms with E-state index in [4.69, 9.17) is 27.9 Å². The van der Waals surface area contributed by atoms with Crippen LogP contribution in [0, 0.1) is 16.0 Å². The largest absolute Gasteiger partial charge is 0.494 e. The van der Waals surface area contributed by atoms with E-state index in [1.165, 1.54) is 6.07 Å². The molecule has 0 aromatic heterocycles. The number of halogens is 2. The Hall–Kier alpha value is -2.24. The maximum absolute atomic E-state index is 11.7. The summed E-state index contributed by atoms with van der Waals surface area (Å²) >= 11 is 12.7. The number of nitro groups is 1. The summed E-state index contributed by atoms with van der Waals surface area (Å²) in [6, 6.07) is 8.73. The van der Waals surface area contributed by atoms with Crippen molar-refractivity contribution >= 4 is 34.6 Å². The standard InChI is InChI=1S/C20H18Cl2N2O3/c1-2-27-11-9-15-12-5-3-6-13(12)19(14-7-4-8-16(21)18(14)22)23-20(15)17(10-11)24(25)26/h3-5,7-10,12-13,19,23H,2,6H2,1H3/t12-,13-,19+/m1/s1. The third-order valence-electron chi connectivity index (χ3n) is 5.25. The van der Waals surface area contributed by atoms with Crippen LogP contribution in [-0.2, 0) is 0 Å². The molecule has 0 spiro atoms. The summed E-state index contributed by atoms with van der Waals surface area (Å²) in [4.78, 5) is 11.4. The number of hydrogen-bond donors (Lipinski definition) is 1. The molecule has 0 radical (unpaired) electrons. The number of nitro benzene ring substituents is 1. The van der Waals surface area contributed by atoms with Crippen molar-refractivity contribution in [2.75, 3.05) is 11.9 Å². The van der Waals surface area contributed by atoms with E-state index in [1.807, 2.05) is 25.1 Å². The Morgan fingerprint density at radius 1 is 1.30 bits per heavy atom. The second kappa shape index (κ2) is 7.06. The Bertz CT molecular complexity index is 945. The molecule has 140 valence electrons. The molecule has 4 rings (SSSR count). The van der Waals surface area contributed by atoms with Crippen molar-refractivity contribution in [3.63, 3.8) is 0 Å². The molecule has 1 aliphatic carbocycles. The van der Waals surface area contributed by atoms with E-state index in [2.05, 4.69) is 17.5 Å². The highest BCUT2D eigenvalue weighted by atomic mass is 35.5. The maximum atomic E-state index is 11.7. The molecule has 2 aromatic rings. The SMILES string of the molecule is CCOc1cc2c(c([N+](=O)[O-])c1)N[C@H](c1cccc(Cl)c1Cl)[C@@H]1CC=C[C@@H]21. The van der Waals surface area contributed by atoms with Crippen molar-refractivity contribution < 1.29 is 9.66 Å². The molecule has 1 N–H and O–H groups in total. The van der Waals surface area contributed by atoms with Crippen LogP contribution in [0.3, 0.4) is 0 Å². The fourth-order valence-corrected chi connectivity index (χ4v) is 4.54. The number of rotatable bonds is 4. The van der Waals surface area contributed by atoms with Gasteiger partial charge in [-0.2, -0.15) is 0 Å². The smallest absolute Gasteiger partial charge is 0.296 e. The fourth-order valence-electron chi connectivity index (χ4n) is 4.12. The summed E-state index contributed by atoms with van der Waals surface area (Å²) in [6.07, 6.45) is 5.10. The Kier molecular flexibility index (Phi) is 4.74. The van der Waals surface area contributed by atoms with Crippen LogP contribution in [0.2, 0.25) is 10.0 Å². The normalized spacial score (nSPS) is 22.7. The first kappa shape index (κ1) is 18.1. The first-order valence-electron chi connectivity index (χ1n) is 8.83. The van der Waals surface area contributed by atoms with E-state index in [9.17, 15) is 10.1 Å². The number of allylic oxidation sites excluding steroid dienone is 2. The van der Waals surface area contributed by atoms with Gasteiger partial charge in [0.05, 0.1) is 33.7 Å². The number of nitrogens with zero attached hydrogens (tertiary/aromatic N) is 1. The quantitative estimate of drug-likeness (QED) is 0.378. The molecular weight excluding hydrogens is 387 g/mol. The third kappa shape index (κ3) is 3.05. The van der Waals surface area contributed by atoms with Crippen LogP contribution >= 0.6 is 23.2 Å². The van der Waals surface area contributed by atoms with Crippen LogP contribution < -0.4 is 10.1 Å². The molecule has 0 saturated heterocycles. The first-order chi connectivity index (χ1) is 13.0. The molecule has 1 heterocycles. The highest BCUT2D eigenvalue weighted by Gasteiger charge is 2.41. The van der Waals surface area contributed by atoms with Gasteiger partial charge in [0.15, 0.2) is 0 Å². The van der Waals surface area contributed by atoms with E-state index in [0.29, 0.717) is 28.1 Å². The third-order valence-corrected chi connectivity index (χ3v) is 6.08. The van der Waals surface area contributed by atoms with Gasteiger partial charge in [0.2, 0.25) is 0 Å². The van der Waals surface area contributed by atoms with E-state index in [0.717, 1.165) is 17.5 Å². The lowest BCUT2D eigenvalue weighted by molar-refractivity contribution is -0.384. The number of fused-ring (bicyclic) bond motifs is 3. The summed E-state index contributed by atoms with van der Waals surface area (Å²) in [7, 11) is 0. The van der Waals surface area contributed by atoms with Crippen molar-refractivity contribution in [2.45, 2.75) is 25.3 Å². The molecule has 0 amide bonds. The predicted molar refractivity (Wildman–Crippen MR) is 107 cm³/mol. The fraction of sp³-hybridized carbons (Fsp3) is 0.300. The van der Waals surface area contributed by atoms with Crippen LogP contribution in [0.25, 0.3) is 0 Å². The topological polar surface area (TPSA) is 64.4 Å². The summed E-state index contributed by atoms with van der Waals surface area (Å²) in [5.41, 5.74) is 2.28. The lowest BCUT2D eigenvalue weighted by atomic mass is 9.76. The number of benzene rings is 2. The van der Waals surface area contributed by atoms with Crippen molar-refractivity contribution in [3.8, 4) is 5.75 Å². The molecule has 0 bridgehead atoms. The molecular formula is C20H18Cl2N2O3. The Labute approximate surface area is 167 Å². The van der Waals surface area contributed by atoms with Crippen LogP contribution in [0.15, 0.2) is 42.5 Å². The summed E-state index contributed by atoms with van der Waals surface area (Å²) < 4.78 is 5.56. The molecule has 2 aromatic carbocycles. The predicted octanol–water partition coefficient (Wildman–Crippen LogP) is 6.13. The minimum atomic E-state index is -0.371. The van der Waals surface area contributed by atoms with Crippen molar-refractivity contribution in [1.82, 2.24) is 0 Å². The molecule has 1 aliphatic heterocycles. The monoisotopic (exact) mass is 404 g/mol. The summed E-state index contributed by atoms with van der Waals surface area (Å²) in [5, 5.41) is 16.1. The van der Waals surface area contributed by atoms with E-state index in [1.54, 1.807) is 6.07 Å². The van der Waals surface area contributed by atoms with Gasteiger partial charge in [-0.05, 0) is 42.5 Å². The van der Waals surface area contributed by atoms with Crippen LogP contribution in [-0.4, -0.2) is 11.5 Å². The second-order valence-corrected chi connectivity index (χ2v) is 7.50. The molecule has 0 saturated carbocycles. The first-order valence-corrected chi connectivity index (χ1v) is 9.59. The second-order valence-electron chi connectivity index (χ2n) is 6.72. The molecule has 7 heteroatoms. The number of ether oxygens (including phenoxy) is 1. The molecule has 27 heavy (non-hydrogen) atoms. The van der Waals surface area contributed by atoms with Gasteiger partial charge in [0.25, 0.3) is 5.69 Å². The van der Waals surface area contributed by atoms with E-state index in [-0.39, 0.29) is 28.5 Å². The van der Waals surface area contributed by atoms with Crippen LogP contribution in [0.5, 0.6) is 5.75 Å². The molecule has 3 atom stereocenters. The van der Waals surface area contributed by atoms with E-state index >= 15 is 0 Å². The molecule has 5 nitrogen and oxygen atoms in total. The highest BCUT2D eigenvalue weighted by Crippen LogP contribution is 2.54. The van der Waals surface area contributed by atoms with Gasteiger partial charge in [-0.1, -0.05) is 47.5 Å². The average molecular weight is 405 g/mol.